The van der Waals surface area contributed by atoms with Crippen LogP contribution in [0.2, 0.25) is 0 Å². The minimum atomic E-state index is 0.576. The molecule has 0 fully saturated rings. The van der Waals surface area contributed by atoms with Crippen molar-refractivity contribution in [3.05, 3.63) is 89.2 Å². The van der Waals surface area contributed by atoms with Gasteiger partial charge in [0.1, 0.15) is 0 Å². The molecule has 5 nitrogen and oxygen atoms in total. The molecular formula is C23H27N5. The maximum Gasteiger partial charge on any atom is 0.191 e. The molecule has 1 heterocycles. The van der Waals surface area contributed by atoms with Gasteiger partial charge in [-0.3, -0.25) is 4.68 Å². The van der Waals surface area contributed by atoms with Crippen molar-refractivity contribution in [3.63, 3.8) is 0 Å². The van der Waals surface area contributed by atoms with Crippen LogP contribution in [0.5, 0.6) is 0 Å². The topological polar surface area (TPSA) is 54.2 Å². The summed E-state index contributed by atoms with van der Waals surface area (Å²) in [5.74, 6) is 1.45. The van der Waals surface area contributed by atoms with Gasteiger partial charge in [0.25, 0.3) is 0 Å². The Bertz CT molecular complexity index is 930. The molecule has 144 valence electrons. The Morgan fingerprint density at radius 2 is 1.89 bits per heavy atom. The van der Waals surface area contributed by atoms with Crippen molar-refractivity contribution >= 4 is 5.96 Å². The van der Waals surface area contributed by atoms with Gasteiger partial charge < -0.3 is 10.6 Å². The minimum absolute atomic E-state index is 0.576. The molecule has 2 aromatic carbocycles. The largest absolute Gasteiger partial charge is 0.357 e. The van der Waals surface area contributed by atoms with Crippen LogP contribution in [0.4, 0.5) is 0 Å². The number of hydrogen-bond donors (Lipinski definition) is 2. The molecule has 1 atom stereocenters. The average Bonchev–Trinajstić information content (AvgIpc) is 3.21. The van der Waals surface area contributed by atoms with Gasteiger partial charge >= 0.3 is 0 Å². The molecule has 4 rings (SSSR count). The monoisotopic (exact) mass is 373 g/mol. The van der Waals surface area contributed by atoms with Crippen LogP contribution in [-0.2, 0) is 19.5 Å². The molecule has 1 unspecified atom stereocenters. The van der Waals surface area contributed by atoms with Crippen molar-refractivity contribution in [1.82, 2.24) is 20.4 Å². The number of fused-ring (bicyclic) bond motifs is 1. The first-order valence-corrected chi connectivity index (χ1v) is 9.97. The Hall–Kier alpha value is -3.08. The molecule has 1 aliphatic rings. The summed E-state index contributed by atoms with van der Waals surface area (Å²) >= 11 is 0. The smallest absolute Gasteiger partial charge is 0.191 e. The highest BCUT2D eigenvalue weighted by atomic mass is 15.3. The highest BCUT2D eigenvalue weighted by molar-refractivity contribution is 5.79. The third kappa shape index (κ3) is 4.25. The third-order valence-corrected chi connectivity index (χ3v) is 5.24. The van der Waals surface area contributed by atoms with E-state index in [1.165, 1.54) is 22.3 Å². The van der Waals surface area contributed by atoms with Gasteiger partial charge in [-0.25, -0.2) is 4.99 Å². The lowest BCUT2D eigenvalue weighted by atomic mass is 9.78. The van der Waals surface area contributed by atoms with Crippen LogP contribution in [-0.4, -0.2) is 28.8 Å². The average molecular weight is 374 g/mol. The van der Waals surface area contributed by atoms with Gasteiger partial charge in [-0.2, -0.15) is 5.10 Å². The van der Waals surface area contributed by atoms with Crippen LogP contribution in [0.1, 0.15) is 35.1 Å². The van der Waals surface area contributed by atoms with E-state index in [-0.39, 0.29) is 0 Å². The first-order valence-electron chi connectivity index (χ1n) is 9.97. The number of nitrogens with zero attached hydrogens (tertiary/aromatic N) is 3. The maximum atomic E-state index is 4.82. The number of nitrogens with one attached hydrogen (secondary N) is 2. The molecule has 0 saturated heterocycles. The fraction of sp³-hybridized carbons (Fsp3) is 0.304. The first-order chi connectivity index (χ1) is 13.8. The van der Waals surface area contributed by atoms with Crippen LogP contribution in [0.3, 0.4) is 0 Å². The second-order valence-electron chi connectivity index (χ2n) is 7.15. The Morgan fingerprint density at radius 1 is 1.07 bits per heavy atom. The summed E-state index contributed by atoms with van der Waals surface area (Å²) < 4.78 is 1.94. The van der Waals surface area contributed by atoms with Crippen molar-refractivity contribution in [2.75, 3.05) is 13.1 Å². The minimum Gasteiger partial charge on any atom is -0.357 e. The highest BCUT2D eigenvalue weighted by Gasteiger charge is 2.25. The van der Waals surface area contributed by atoms with E-state index in [1.54, 1.807) is 0 Å². The fourth-order valence-electron chi connectivity index (χ4n) is 3.71. The lowest BCUT2D eigenvalue weighted by Crippen LogP contribution is -2.41. The van der Waals surface area contributed by atoms with Gasteiger partial charge in [-0.1, -0.05) is 48.5 Å². The van der Waals surface area contributed by atoms with Crippen LogP contribution in [0.15, 0.2) is 72.0 Å². The van der Waals surface area contributed by atoms with E-state index in [2.05, 4.69) is 71.2 Å². The van der Waals surface area contributed by atoms with Gasteiger partial charge in [-0.05, 0) is 41.7 Å². The second-order valence-corrected chi connectivity index (χ2v) is 7.15. The Kier molecular flexibility index (Phi) is 5.71. The molecule has 0 aliphatic heterocycles. The summed E-state index contributed by atoms with van der Waals surface area (Å²) in [6.07, 6.45) is 4.95. The third-order valence-electron chi connectivity index (χ3n) is 5.24. The number of hydrogen-bond acceptors (Lipinski definition) is 2. The molecular weight excluding hydrogens is 346 g/mol. The van der Waals surface area contributed by atoms with Gasteiger partial charge in [0.05, 0.1) is 13.1 Å². The van der Waals surface area contributed by atoms with E-state index in [0.717, 1.165) is 32.0 Å². The van der Waals surface area contributed by atoms with Crippen molar-refractivity contribution in [3.8, 4) is 0 Å². The van der Waals surface area contributed by atoms with Gasteiger partial charge in [0, 0.05) is 31.4 Å². The van der Waals surface area contributed by atoms with Gasteiger partial charge in [-0.15, -0.1) is 0 Å². The van der Waals surface area contributed by atoms with Gasteiger partial charge in [0.2, 0.25) is 0 Å². The van der Waals surface area contributed by atoms with E-state index in [4.69, 9.17) is 4.99 Å². The van der Waals surface area contributed by atoms with Crippen molar-refractivity contribution < 1.29 is 0 Å². The van der Waals surface area contributed by atoms with Crippen LogP contribution in [0.25, 0.3) is 0 Å². The van der Waals surface area contributed by atoms with E-state index >= 15 is 0 Å². The van der Waals surface area contributed by atoms with Crippen LogP contribution >= 0.6 is 0 Å². The highest BCUT2D eigenvalue weighted by Crippen LogP contribution is 2.33. The summed E-state index contributed by atoms with van der Waals surface area (Å²) in [4.78, 5) is 4.82. The Balaban J connectivity index is 1.40. The number of benzene rings is 2. The molecule has 2 N–H and O–H groups in total. The zero-order chi connectivity index (χ0) is 19.2. The van der Waals surface area contributed by atoms with E-state index in [9.17, 15) is 0 Å². The zero-order valence-electron chi connectivity index (χ0n) is 16.3. The second kappa shape index (κ2) is 8.74. The number of aromatic nitrogens is 2. The van der Waals surface area contributed by atoms with Crippen molar-refractivity contribution in [2.45, 2.75) is 32.4 Å². The molecule has 0 spiro atoms. The molecule has 0 radical (unpaired) electrons. The summed E-state index contributed by atoms with van der Waals surface area (Å²) in [6.45, 7) is 5.27. The molecule has 0 amide bonds. The molecule has 28 heavy (non-hydrogen) atoms. The predicted molar refractivity (Wildman–Crippen MR) is 113 cm³/mol. The first kappa shape index (κ1) is 18.3. The summed E-state index contributed by atoms with van der Waals surface area (Å²) in [5.41, 5.74) is 5.42. The van der Waals surface area contributed by atoms with E-state index in [1.807, 2.05) is 23.1 Å². The number of rotatable bonds is 7. The number of aliphatic imine (C=N–C) groups is 1. The Morgan fingerprint density at radius 3 is 2.68 bits per heavy atom. The van der Waals surface area contributed by atoms with Crippen LogP contribution in [0, 0.1) is 0 Å². The molecule has 3 aromatic rings. The van der Waals surface area contributed by atoms with Crippen molar-refractivity contribution in [1.29, 1.82) is 0 Å². The summed E-state index contributed by atoms with van der Waals surface area (Å²) in [5, 5.41) is 11.2. The summed E-state index contributed by atoms with van der Waals surface area (Å²) in [7, 11) is 0. The zero-order valence-corrected chi connectivity index (χ0v) is 16.3. The maximum absolute atomic E-state index is 4.82. The molecule has 0 saturated carbocycles. The quantitative estimate of drug-likeness (QED) is 0.493. The molecule has 5 heteroatoms. The normalized spacial score (nSPS) is 15.6. The molecule has 1 aromatic heterocycles. The van der Waals surface area contributed by atoms with E-state index < -0.39 is 0 Å². The van der Waals surface area contributed by atoms with E-state index in [0.29, 0.717) is 12.5 Å². The van der Waals surface area contributed by atoms with Crippen molar-refractivity contribution in [2.24, 2.45) is 4.99 Å². The predicted octanol–water partition coefficient (Wildman–Crippen LogP) is 3.33. The van der Waals surface area contributed by atoms with Gasteiger partial charge in [0.15, 0.2) is 5.96 Å². The Labute approximate surface area is 166 Å². The lowest BCUT2D eigenvalue weighted by molar-refractivity contribution is 0.584. The standard InChI is InChI=1S/C23H27N5/c1-2-24-23(26-16-21-14-18-8-5-6-11-22(18)21)25-15-19-9-3-4-10-20(19)17-28-13-7-12-27-28/h3-13,21H,2,14-17H2,1H3,(H2,24,25,26). The lowest BCUT2D eigenvalue weighted by Gasteiger charge is -2.30. The van der Waals surface area contributed by atoms with Crippen LogP contribution < -0.4 is 10.6 Å². The molecule has 1 aliphatic carbocycles. The summed E-state index contributed by atoms with van der Waals surface area (Å²) in [6, 6.07) is 19.1. The fourth-order valence-corrected chi connectivity index (χ4v) is 3.71. The number of guanidine groups is 1. The SMILES string of the molecule is CCNC(=NCc1ccccc1Cn1cccn1)NCC1Cc2ccccc21. The molecule has 0 bridgehead atoms.